The van der Waals surface area contributed by atoms with E-state index in [1.165, 1.54) is 0 Å². The molecule has 0 aromatic carbocycles. The van der Waals surface area contributed by atoms with Gasteiger partial charge in [0.1, 0.15) is 18.2 Å². The first-order chi connectivity index (χ1) is 9.81. The summed E-state index contributed by atoms with van der Waals surface area (Å²) in [5.74, 6) is 2.26. The number of methoxy groups -OCH3 is 1. The Balaban J connectivity index is 1.97. The van der Waals surface area contributed by atoms with Gasteiger partial charge in [0, 0.05) is 45.2 Å². The second-order valence-electron chi connectivity index (χ2n) is 4.25. The fraction of sp³-hybridized carbons (Fsp3) is 0.462. The maximum absolute atomic E-state index is 5.09. The average Bonchev–Trinajstić information content (AvgIpc) is 2.92. The summed E-state index contributed by atoms with van der Waals surface area (Å²) in [7, 11) is 1.63. The van der Waals surface area contributed by atoms with Gasteiger partial charge in [-0.25, -0.2) is 15.0 Å². The van der Waals surface area contributed by atoms with Gasteiger partial charge in [0.25, 0.3) is 0 Å². The van der Waals surface area contributed by atoms with E-state index in [0.717, 1.165) is 31.3 Å². The molecule has 0 unspecified atom stereocenters. The van der Waals surface area contributed by atoms with Crippen LogP contribution in [0, 0.1) is 0 Å². The van der Waals surface area contributed by atoms with Gasteiger partial charge in [0.15, 0.2) is 5.82 Å². The van der Waals surface area contributed by atoms with Crippen molar-refractivity contribution in [1.29, 1.82) is 0 Å². The second-order valence-corrected chi connectivity index (χ2v) is 4.25. The van der Waals surface area contributed by atoms with Crippen molar-refractivity contribution in [1.82, 2.24) is 19.5 Å². The van der Waals surface area contributed by atoms with Gasteiger partial charge < -0.3 is 19.9 Å². The lowest BCUT2D eigenvalue weighted by molar-refractivity contribution is 0.178. The number of aromatic nitrogens is 4. The molecule has 0 bridgehead atoms. The van der Waals surface area contributed by atoms with Crippen LogP contribution in [0.15, 0.2) is 24.8 Å². The second kappa shape index (κ2) is 7.44. The van der Waals surface area contributed by atoms with Crippen molar-refractivity contribution in [2.75, 3.05) is 30.8 Å². The van der Waals surface area contributed by atoms with Crippen LogP contribution in [0.1, 0.15) is 12.7 Å². The van der Waals surface area contributed by atoms with Gasteiger partial charge in [-0.05, 0) is 6.92 Å². The minimum Gasteiger partial charge on any atom is -0.377 e. The molecule has 0 amide bonds. The Kier molecular flexibility index (Phi) is 5.31. The first kappa shape index (κ1) is 14.3. The van der Waals surface area contributed by atoms with E-state index in [1.807, 2.05) is 23.8 Å². The van der Waals surface area contributed by atoms with Crippen LogP contribution in [0.25, 0.3) is 0 Å². The predicted octanol–water partition coefficient (Wildman–Crippen LogP) is 1.36. The zero-order valence-corrected chi connectivity index (χ0v) is 11.8. The number of imidazole rings is 1. The van der Waals surface area contributed by atoms with E-state index in [1.54, 1.807) is 19.6 Å². The number of anilines is 2. The molecule has 2 rings (SSSR count). The highest BCUT2D eigenvalue weighted by molar-refractivity contribution is 5.47. The van der Waals surface area contributed by atoms with Crippen molar-refractivity contribution in [3.05, 3.63) is 30.6 Å². The fourth-order valence-electron chi connectivity index (χ4n) is 1.79. The highest BCUT2D eigenvalue weighted by atomic mass is 16.5. The number of hydrogen-bond donors (Lipinski definition) is 2. The highest BCUT2D eigenvalue weighted by Crippen LogP contribution is 2.11. The maximum Gasteiger partial charge on any atom is 0.158 e. The van der Waals surface area contributed by atoms with Crippen molar-refractivity contribution in [3.63, 3.8) is 0 Å². The first-order valence-corrected chi connectivity index (χ1v) is 6.62. The van der Waals surface area contributed by atoms with Crippen LogP contribution < -0.4 is 10.6 Å². The molecule has 20 heavy (non-hydrogen) atoms. The zero-order valence-electron chi connectivity index (χ0n) is 11.8. The summed E-state index contributed by atoms with van der Waals surface area (Å²) in [5.41, 5.74) is 0. The first-order valence-electron chi connectivity index (χ1n) is 6.62. The fourth-order valence-corrected chi connectivity index (χ4v) is 1.79. The van der Waals surface area contributed by atoms with Crippen molar-refractivity contribution in [2.24, 2.45) is 0 Å². The van der Waals surface area contributed by atoms with Crippen LogP contribution in [0.2, 0.25) is 0 Å². The summed E-state index contributed by atoms with van der Waals surface area (Å²) in [6.45, 7) is 4.85. The van der Waals surface area contributed by atoms with Crippen molar-refractivity contribution >= 4 is 11.6 Å². The summed E-state index contributed by atoms with van der Waals surface area (Å²) in [4.78, 5) is 12.8. The molecule has 0 aliphatic heterocycles. The molecule has 108 valence electrons. The predicted molar refractivity (Wildman–Crippen MR) is 77.6 cm³/mol. The molecule has 2 aromatic rings. The topological polar surface area (TPSA) is 76.9 Å². The molecule has 2 heterocycles. The molecule has 0 spiro atoms. The van der Waals surface area contributed by atoms with E-state index in [2.05, 4.69) is 25.6 Å². The van der Waals surface area contributed by atoms with Gasteiger partial charge in [-0.1, -0.05) is 0 Å². The molecule has 7 nitrogen and oxygen atoms in total. The minimum atomic E-state index is 0.398. The highest BCUT2D eigenvalue weighted by Gasteiger charge is 2.04. The smallest absolute Gasteiger partial charge is 0.158 e. The molecule has 0 radical (unpaired) electrons. The summed E-state index contributed by atoms with van der Waals surface area (Å²) in [6, 6.07) is 1.90. The molecular weight excluding hydrogens is 256 g/mol. The van der Waals surface area contributed by atoms with Crippen LogP contribution >= 0.6 is 0 Å². The van der Waals surface area contributed by atoms with Gasteiger partial charge >= 0.3 is 0 Å². The van der Waals surface area contributed by atoms with Crippen LogP contribution in [-0.4, -0.2) is 39.7 Å². The van der Waals surface area contributed by atoms with Crippen LogP contribution in [0.5, 0.6) is 0 Å². The summed E-state index contributed by atoms with van der Waals surface area (Å²) in [6.07, 6.45) is 5.49. The van der Waals surface area contributed by atoms with Crippen molar-refractivity contribution in [2.45, 2.75) is 20.1 Å². The zero-order chi connectivity index (χ0) is 14.2. The Morgan fingerprint density at radius 3 is 2.70 bits per heavy atom. The van der Waals surface area contributed by atoms with Crippen LogP contribution in [-0.2, 0) is 17.9 Å². The monoisotopic (exact) mass is 276 g/mol. The quantitative estimate of drug-likeness (QED) is 0.758. The number of hydrogen-bond acceptors (Lipinski definition) is 6. The SMILES string of the molecule is CCNc1cc(NCCn2ccnc2)nc(COC)n1. The standard InChI is InChI=1S/C13H20N6O/c1-3-15-11-8-12(18-13(17-11)9-20-2)16-5-7-19-6-4-14-10-19/h4,6,8,10H,3,5,7,9H2,1-2H3,(H2,15,16,17,18). The third-order valence-corrected chi connectivity index (χ3v) is 2.64. The van der Waals surface area contributed by atoms with E-state index in [9.17, 15) is 0 Å². The lowest BCUT2D eigenvalue weighted by atomic mass is 10.4. The summed E-state index contributed by atoms with van der Waals surface area (Å²) < 4.78 is 7.10. The molecule has 7 heteroatoms. The number of nitrogens with one attached hydrogen (secondary N) is 2. The van der Waals surface area contributed by atoms with E-state index in [-0.39, 0.29) is 0 Å². The van der Waals surface area contributed by atoms with Crippen molar-refractivity contribution < 1.29 is 4.74 Å². The lowest BCUT2D eigenvalue weighted by Crippen LogP contribution is -2.12. The molecule has 0 fully saturated rings. The molecule has 0 atom stereocenters. The maximum atomic E-state index is 5.09. The summed E-state index contributed by atoms with van der Waals surface area (Å²) in [5, 5.41) is 6.47. The van der Waals surface area contributed by atoms with E-state index < -0.39 is 0 Å². The molecular formula is C13H20N6O. The lowest BCUT2D eigenvalue weighted by Gasteiger charge is -2.10. The molecule has 0 aliphatic rings. The third kappa shape index (κ3) is 4.20. The molecule has 0 saturated heterocycles. The van der Waals surface area contributed by atoms with E-state index in [0.29, 0.717) is 12.4 Å². The van der Waals surface area contributed by atoms with E-state index >= 15 is 0 Å². The number of rotatable bonds is 8. The van der Waals surface area contributed by atoms with Gasteiger partial charge in [0.2, 0.25) is 0 Å². The van der Waals surface area contributed by atoms with Crippen molar-refractivity contribution in [3.8, 4) is 0 Å². The largest absolute Gasteiger partial charge is 0.377 e. The van der Waals surface area contributed by atoms with E-state index in [4.69, 9.17) is 4.74 Å². The van der Waals surface area contributed by atoms with Crippen LogP contribution in [0.3, 0.4) is 0 Å². The minimum absolute atomic E-state index is 0.398. The number of nitrogens with zero attached hydrogens (tertiary/aromatic N) is 4. The normalized spacial score (nSPS) is 10.5. The van der Waals surface area contributed by atoms with Gasteiger partial charge in [-0.3, -0.25) is 0 Å². The third-order valence-electron chi connectivity index (χ3n) is 2.64. The molecule has 0 aliphatic carbocycles. The summed E-state index contributed by atoms with van der Waals surface area (Å²) >= 11 is 0. The number of ether oxygens (including phenoxy) is 1. The van der Waals surface area contributed by atoms with Crippen LogP contribution in [0.4, 0.5) is 11.6 Å². The van der Waals surface area contributed by atoms with Gasteiger partial charge in [0.05, 0.1) is 6.33 Å². The molecule has 0 saturated carbocycles. The molecule has 2 N–H and O–H groups in total. The Morgan fingerprint density at radius 2 is 2.05 bits per heavy atom. The Hall–Kier alpha value is -2.15. The van der Waals surface area contributed by atoms with Gasteiger partial charge in [-0.15, -0.1) is 0 Å². The Labute approximate surface area is 118 Å². The Bertz CT molecular complexity index is 489. The Morgan fingerprint density at radius 1 is 1.25 bits per heavy atom. The molecule has 2 aromatic heterocycles. The van der Waals surface area contributed by atoms with Gasteiger partial charge in [-0.2, -0.15) is 0 Å². The average molecular weight is 276 g/mol.